The number of hydrogen-bond acceptors (Lipinski definition) is 6. The van der Waals surface area contributed by atoms with Gasteiger partial charge in [-0.05, 0) is 55.8 Å². The molecule has 1 aromatic heterocycles. The summed E-state index contributed by atoms with van der Waals surface area (Å²) in [5, 5.41) is 6.01. The number of anilines is 1. The van der Waals surface area contributed by atoms with Gasteiger partial charge in [0.15, 0.2) is 0 Å². The van der Waals surface area contributed by atoms with Crippen LogP contribution < -0.4 is 22.1 Å². The Bertz CT molecular complexity index is 1170. The van der Waals surface area contributed by atoms with E-state index < -0.39 is 34.9 Å². The topological polar surface area (TPSA) is 119 Å². The third kappa shape index (κ3) is 4.67. The minimum absolute atomic E-state index is 0.122. The predicted molar refractivity (Wildman–Crippen MR) is 117 cm³/mol. The molecule has 0 aliphatic carbocycles. The fraction of sp³-hybridized carbons (Fsp3) is 0.261. The van der Waals surface area contributed by atoms with Crippen molar-refractivity contribution in [3.8, 4) is 11.1 Å². The zero-order chi connectivity index (χ0) is 23.6. The third-order valence-corrected chi connectivity index (χ3v) is 5.87. The van der Waals surface area contributed by atoms with E-state index in [9.17, 15) is 18.0 Å². The van der Waals surface area contributed by atoms with Gasteiger partial charge < -0.3 is 22.1 Å². The molecular formula is C23H23F3N6O. The molecule has 0 saturated carbocycles. The second kappa shape index (κ2) is 9.16. The van der Waals surface area contributed by atoms with Gasteiger partial charge in [0.1, 0.15) is 29.6 Å². The summed E-state index contributed by atoms with van der Waals surface area (Å²) in [5.74, 6) is -2.87. The van der Waals surface area contributed by atoms with Gasteiger partial charge in [-0.15, -0.1) is 0 Å². The van der Waals surface area contributed by atoms with Gasteiger partial charge in [-0.1, -0.05) is 12.1 Å². The smallest absolute Gasteiger partial charge is 0.254 e. The summed E-state index contributed by atoms with van der Waals surface area (Å²) in [4.78, 5) is 21.5. The van der Waals surface area contributed by atoms with Crippen molar-refractivity contribution in [3.63, 3.8) is 0 Å². The SMILES string of the molecule is Nc1ncnc(C(NC(=O)c2ccc(F)cc2F)C2(N)CCNCC2)c1-c1ccc(F)cc1. The number of rotatable bonds is 5. The molecule has 10 heteroatoms. The van der Waals surface area contributed by atoms with E-state index in [1.165, 1.54) is 30.6 Å². The van der Waals surface area contributed by atoms with Crippen molar-refractivity contribution in [2.45, 2.75) is 24.4 Å². The molecule has 0 spiro atoms. The quantitative estimate of drug-likeness (QED) is 0.469. The van der Waals surface area contributed by atoms with E-state index in [0.29, 0.717) is 48.8 Å². The Morgan fingerprint density at radius 1 is 1.03 bits per heavy atom. The Hall–Kier alpha value is -3.50. The predicted octanol–water partition coefficient (Wildman–Crippen LogP) is 2.70. The molecule has 2 aromatic carbocycles. The van der Waals surface area contributed by atoms with Crippen LogP contribution in [0.2, 0.25) is 0 Å². The highest BCUT2D eigenvalue weighted by Gasteiger charge is 2.41. The molecule has 1 atom stereocenters. The molecule has 2 heterocycles. The monoisotopic (exact) mass is 456 g/mol. The number of nitrogens with two attached hydrogens (primary N) is 2. The van der Waals surface area contributed by atoms with Gasteiger partial charge in [0, 0.05) is 17.2 Å². The normalized spacial score (nSPS) is 16.2. The molecule has 6 N–H and O–H groups in total. The van der Waals surface area contributed by atoms with Gasteiger partial charge in [-0.2, -0.15) is 0 Å². The van der Waals surface area contributed by atoms with Crippen LogP contribution in [0.1, 0.15) is 34.9 Å². The van der Waals surface area contributed by atoms with Gasteiger partial charge >= 0.3 is 0 Å². The lowest BCUT2D eigenvalue weighted by Crippen LogP contribution is -2.58. The van der Waals surface area contributed by atoms with Crippen LogP contribution in [0.25, 0.3) is 11.1 Å². The summed E-state index contributed by atoms with van der Waals surface area (Å²) in [6.07, 6.45) is 2.22. The lowest BCUT2D eigenvalue weighted by atomic mass is 9.78. The van der Waals surface area contributed by atoms with Crippen molar-refractivity contribution in [3.05, 3.63) is 77.5 Å². The molecule has 1 fully saturated rings. The number of carbonyl (C=O) groups excluding carboxylic acids is 1. The first-order valence-electron chi connectivity index (χ1n) is 10.4. The minimum Gasteiger partial charge on any atom is -0.383 e. The summed E-state index contributed by atoms with van der Waals surface area (Å²) >= 11 is 0. The van der Waals surface area contributed by atoms with E-state index in [-0.39, 0.29) is 11.4 Å². The summed E-state index contributed by atoms with van der Waals surface area (Å²) in [6.45, 7) is 1.19. The molecule has 3 aromatic rings. The average Bonchev–Trinajstić information content (AvgIpc) is 2.78. The lowest BCUT2D eigenvalue weighted by Gasteiger charge is -2.41. The van der Waals surface area contributed by atoms with E-state index >= 15 is 0 Å². The Labute approximate surface area is 188 Å². The van der Waals surface area contributed by atoms with Crippen LogP contribution in [0.15, 0.2) is 48.8 Å². The van der Waals surface area contributed by atoms with E-state index in [1.54, 1.807) is 0 Å². The van der Waals surface area contributed by atoms with E-state index in [4.69, 9.17) is 11.5 Å². The number of halogens is 3. The van der Waals surface area contributed by atoms with E-state index in [0.717, 1.165) is 12.1 Å². The Morgan fingerprint density at radius 2 is 1.70 bits per heavy atom. The maximum atomic E-state index is 14.3. The van der Waals surface area contributed by atoms with Crippen LogP contribution in [0.3, 0.4) is 0 Å². The zero-order valence-corrected chi connectivity index (χ0v) is 17.6. The maximum absolute atomic E-state index is 14.3. The molecule has 172 valence electrons. The summed E-state index contributed by atoms with van der Waals surface area (Å²) in [5.41, 5.74) is 12.9. The van der Waals surface area contributed by atoms with Crippen LogP contribution in [-0.2, 0) is 0 Å². The van der Waals surface area contributed by atoms with Crippen LogP contribution in [0.5, 0.6) is 0 Å². The Balaban J connectivity index is 1.82. The van der Waals surface area contributed by atoms with Crippen molar-refractivity contribution in [2.75, 3.05) is 18.8 Å². The average molecular weight is 456 g/mol. The van der Waals surface area contributed by atoms with Crippen molar-refractivity contribution in [1.82, 2.24) is 20.6 Å². The molecule has 4 rings (SSSR count). The van der Waals surface area contributed by atoms with Gasteiger partial charge in [0.05, 0.1) is 17.3 Å². The van der Waals surface area contributed by atoms with Crippen LogP contribution in [0.4, 0.5) is 19.0 Å². The molecule has 33 heavy (non-hydrogen) atoms. The molecule has 7 nitrogen and oxygen atoms in total. The molecule has 1 aliphatic rings. The standard InChI is InChI=1S/C23H23F3N6O/c24-14-3-1-13(2-4-14)18-19(30-12-31-21(18)27)20(23(28)7-9-29-10-8-23)32-22(33)16-6-5-15(25)11-17(16)26/h1-6,11-12,20,29H,7-10,28H2,(H,32,33)(H2,27,30,31). The molecular weight excluding hydrogens is 433 g/mol. The van der Waals surface area contributed by atoms with E-state index in [1.807, 2.05) is 0 Å². The van der Waals surface area contributed by atoms with Gasteiger partial charge in [0.25, 0.3) is 5.91 Å². The van der Waals surface area contributed by atoms with Crippen molar-refractivity contribution >= 4 is 11.7 Å². The molecule has 1 unspecified atom stereocenters. The number of nitrogens with zero attached hydrogens (tertiary/aromatic N) is 2. The van der Waals surface area contributed by atoms with Crippen LogP contribution >= 0.6 is 0 Å². The fourth-order valence-electron chi connectivity index (χ4n) is 4.09. The largest absolute Gasteiger partial charge is 0.383 e. The number of nitrogens with one attached hydrogen (secondary N) is 2. The maximum Gasteiger partial charge on any atom is 0.254 e. The van der Waals surface area contributed by atoms with Crippen LogP contribution in [0, 0.1) is 17.5 Å². The first-order chi connectivity index (χ1) is 15.8. The highest BCUT2D eigenvalue weighted by atomic mass is 19.1. The first-order valence-corrected chi connectivity index (χ1v) is 10.4. The first kappa shape index (κ1) is 22.7. The fourth-order valence-corrected chi connectivity index (χ4v) is 4.09. The third-order valence-electron chi connectivity index (χ3n) is 5.87. The second-order valence-electron chi connectivity index (χ2n) is 8.04. The van der Waals surface area contributed by atoms with Crippen molar-refractivity contribution in [2.24, 2.45) is 5.73 Å². The number of amides is 1. The highest BCUT2D eigenvalue weighted by molar-refractivity contribution is 5.95. The Kier molecular flexibility index (Phi) is 6.30. The summed E-state index contributed by atoms with van der Waals surface area (Å²) < 4.78 is 41.2. The number of carbonyl (C=O) groups is 1. The summed E-state index contributed by atoms with van der Waals surface area (Å²) in [7, 11) is 0. The highest BCUT2D eigenvalue weighted by Crippen LogP contribution is 2.38. The van der Waals surface area contributed by atoms with Gasteiger partial charge in [0.2, 0.25) is 0 Å². The number of aromatic nitrogens is 2. The number of hydrogen-bond donors (Lipinski definition) is 4. The second-order valence-corrected chi connectivity index (χ2v) is 8.04. The summed E-state index contributed by atoms with van der Waals surface area (Å²) in [6, 6.07) is 7.42. The van der Waals surface area contributed by atoms with Crippen molar-refractivity contribution < 1.29 is 18.0 Å². The molecule has 0 radical (unpaired) electrons. The van der Waals surface area contributed by atoms with Gasteiger partial charge in [-0.3, -0.25) is 4.79 Å². The molecule has 1 amide bonds. The number of nitrogen functional groups attached to an aromatic ring is 1. The molecule has 1 aliphatic heterocycles. The van der Waals surface area contributed by atoms with E-state index in [2.05, 4.69) is 20.6 Å². The molecule has 0 bridgehead atoms. The minimum atomic E-state index is -0.997. The number of benzene rings is 2. The van der Waals surface area contributed by atoms with Crippen molar-refractivity contribution in [1.29, 1.82) is 0 Å². The molecule has 1 saturated heterocycles. The van der Waals surface area contributed by atoms with Crippen LogP contribution in [-0.4, -0.2) is 34.5 Å². The lowest BCUT2D eigenvalue weighted by molar-refractivity contribution is 0.0894. The van der Waals surface area contributed by atoms with Gasteiger partial charge in [-0.25, -0.2) is 23.1 Å². The number of piperidine rings is 1. The Morgan fingerprint density at radius 3 is 2.36 bits per heavy atom. The zero-order valence-electron chi connectivity index (χ0n) is 17.6.